The predicted molar refractivity (Wildman–Crippen MR) is 78.8 cm³/mol. The van der Waals surface area contributed by atoms with Crippen molar-refractivity contribution in [3.8, 4) is 0 Å². The zero-order valence-corrected chi connectivity index (χ0v) is 12.3. The zero-order chi connectivity index (χ0) is 14.5. The van der Waals surface area contributed by atoms with E-state index in [1.807, 2.05) is 37.3 Å². The summed E-state index contributed by atoms with van der Waals surface area (Å²) >= 11 is 5.71. The lowest BCUT2D eigenvalue weighted by atomic mass is 10.1. The molecule has 1 aromatic rings. The lowest BCUT2D eigenvalue weighted by molar-refractivity contribution is -0.135. The molecular formula is C15H19ClN2O2. The number of piperazine rings is 1. The topological polar surface area (TPSA) is 40.6 Å². The standard InChI is InChI=1S/C15H19ClN2O2/c1-12(11-16)14(19)17-7-9-18(10-8-17)15(20)13-5-3-2-4-6-13/h2-6,12H,7-11H2,1H3. The first kappa shape index (κ1) is 14.9. The fourth-order valence-electron chi connectivity index (χ4n) is 2.27. The number of benzene rings is 1. The summed E-state index contributed by atoms with van der Waals surface area (Å²) in [6, 6.07) is 9.23. The van der Waals surface area contributed by atoms with E-state index >= 15 is 0 Å². The second-order valence-electron chi connectivity index (χ2n) is 5.04. The molecule has 1 aliphatic heterocycles. The Balaban J connectivity index is 1.92. The molecule has 20 heavy (non-hydrogen) atoms. The zero-order valence-electron chi connectivity index (χ0n) is 11.6. The molecule has 5 heteroatoms. The minimum Gasteiger partial charge on any atom is -0.339 e. The van der Waals surface area contributed by atoms with Crippen LogP contribution in [-0.2, 0) is 4.79 Å². The molecule has 2 rings (SSSR count). The van der Waals surface area contributed by atoms with Crippen LogP contribution in [0.3, 0.4) is 0 Å². The fourth-order valence-corrected chi connectivity index (χ4v) is 2.40. The van der Waals surface area contributed by atoms with Gasteiger partial charge in [0, 0.05) is 43.5 Å². The van der Waals surface area contributed by atoms with Gasteiger partial charge in [-0.05, 0) is 12.1 Å². The smallest absolute Gasteiger partial charge is 0.253 e. The Morgan fingerprint density at radius 2 is 1.65 bits per heavy atom. The summed E-state index contributed by atoms with van der Waals surface area (Å²) in [6.07, 6.45) is 0. The van der Waals surface area contributed by atoms with Crippen LogP contribution in [0.2, 0.25) is 0 Å². The predicted octanol–water partition coefficient (Wildman–Crippen LogP) is 1.85. The molecule has 1 unspecified atom stereocenters. The molecule has 0 N–H and O–H groups in total. The number of nitrogens with zero attached hydrogens (tertiary/aromatic N) is 2. The van der Waals surface area contributed by atoms with E-state index in [2.05, 4.69) is 0 Å². The monoisotopic (exact) mass is 294 g/mol. The van der Waals surface area contributed by atoms with Crippen molar-refractivity contribution < 1.29 is 9.59 Å². The number of halogens is 1. The lowest BCUT2D eigenvalue weighted by Gasteiger charge is -2.35. The summed E-state index contributed by atoms with van der Waals surface area (Å²) < 4.78 is 0. The van der Waals surface area contributed by atoms with E-state index in [4.69, 9.17) is 11.6 Å². The van der Waals surface area contributed by atoms with Crippen LogP contribution in [-0.4, -0.2) is 53.7 Å². The van der Waals surface area contributed by atoms with Crippen molar-refractivity contribution in [2.45, 2.75) is 6.92 Å². The van der Waals surface area contributed by atoms with Gasteiger partial charge in [-0.2, -0.15) is 0 Å². The maximum Gasteiger partial charge on any atom is 0.253 e. The summed E-state index contributed by atoms with van der Waals surface area (Å²) in [7, 11) is 0. The molecule has 0 radical (unpaired) electrons. The quantitative estimate of drug-likeness (QED) is 0.798. The summed E-state index contributed by atoms with van der Waals surface area (Å²) in [5, 5.41) is 0. The first-order chi connectivity index (χ1) is 9.63. The number of rotatable bonds is 3. The van der Waals surface area contributed by atoms with Crippen LogP contribution in [0.15, 0.2) is 30.3 Å². The van der Waals surface area contributed by atoms with Crippen LogP contribution in [0, 0.1) is 5.92 Å². The summed E-state index contributed by atoms with van der Waals surface area (Å²) in [4.78, 5) is 27.9. The Morgan fingerprint density at radius 1 is 1.10 bits per heavy atom. The number of carbonyl (C=O) groups is 2. The highest BCUT2D eigenvalue weighted by atomic mass is 35.5. The van der Waals surface area contributed by atoms with Gasteiger partial charge in [0.25, 0.3) is 5.91 Å². The van der Waals surface area contributed by atoms with Crippen molar-refractivity contribution in [1.82, 2.24) is 9.80 Å². The van der Waals surface area contributed by atoms with E-state index in [0.29, 0.717) is 37.6 Å². The lowest BCUT2D eigenvalue weighted by Crippen LogP contribution is -2.51. The summed E-state index contributed by atoms with van der Waals surface area (Å²) in [5.74, 6) is 0.282. The molecule has 0 bridgehead atoms. The molecule has 4 nitrogen and oxygen atoms in total. The van der Waals surface area contributed by atoms with Gasteiger partial charge in [-0.1, -0.05) is 25.1 Å². The molecule has 1 fully saturated rings. The SMILES string of the molecule is CC(CCl)C(=O)N1CCN(C(=O)c2ccccc2)CC1. The molecule has 1 atom stereocenters. The van der Waals surface area contributed by atoms with Crippen molar-refractivity contribution >= 4 is 23.4 Å². The summed E-state index contributed by atoms with van der Waals surface area (Å²) in [5.41, 5.74) is 0.696. The average molecular weight is 295 g/mol. The van der Waals surface area contributed by atoms with E-state index in [-0.39, 0.29) is 17.7 Å². The normalized spacial score (nSPS) is 16.9. The molecule has 0 aliphatic carbocycles. The third-order valence-corrected chi connectivity index (χ3v) is 4.02. The highest BCUT2D eigenvalue weighted by Crippen LogP contribution is 2.11. The van der Waals surface area contributed by atoms with Crippen LogP contribution in [0.4, 0.5) is 0 Å². The van der Waals surface area contributed by atoms with Crippen molar-refractivity contribution in [3.05, 3.63) is 35.9 Å². The second kappa shape index (κ2) is 6.75. The van der Waals surface area contributed by atoms with Gasteiger partial charge < -0.3 is 9.80 Å². The first-order valence-corrected chi connectivity index (χ1v) is 7.36. The fraction of sp³-hybridized carbons (Fsp3) is 0.467. The van der Waals surface area contributed by atoms with Gasteiger partial charge in [0.15, 0.2) is 0 Å². The Kier molecular flexibility index (Phi) is 5.01. The van der Waals surface area contributed by atoms with Gasteiger partial charge in [0.2, 0.25) is 5.91 Å². The third kappa shape index (κ3) is 3.31. The maximum atomic E-state index is 12.3. The molecule has 2 amide bonds. The molecule has 0 saturated carbocycles. The first-order valence-electron chi connectivity index (χ1n) is 6.82. The van der Waals surface area contributed by atoms with E-state index in [0.717, 1.165) is 0 Å². The van der Waals surface area contributed by atoms with E-state index < -0.39 is 0 Å². The van der Waals surface area contributed by atoms with Gasteiger partial charge in [-0.3, -0.25) is 9.59 Å². The molecule has 0 aromatic heterocycles. The number of alkyl halides is 1. The van der Waals surface area contributed by atoms with Crippen molar-refractivity contribution in [2.24, 2.45) is 5.92 Å². The van der Waals surface area contributed by atoms with Crippen molar-refractivity contribution in [2.75, 3.05) is 32.1 Å². The van der Waals surface area contributed by atoms with Gasteiger partial charge >= 0.3 is 0 Å². The van der Waals surface area contributed by atoms with Crippen LogP contribution in [0.1, 0.15) is 17.3 Å². The molecule has 0 spiro atoms. The molecule has 108 valence electrons. The number of amides is 2. The number of hydrogen-bond acceptors (Lipinski definition) is 2. The highest BCUT2D eigenvalue weighted by molar-refractivity contribution is 6.19. The Bertz CT molecular complexity index is 470. The van der Waals surface area contributed by atoms with Crippen LogP contribution >= 0.6 is 11.6 Å². The van der Waals surface area contributed by atoms with E-state index in [1.54, 1.807) is 9.80 Å². The van der Waals surface area contributed by atoms with Crippen LogP contribution in [0.25, 0.3) is 0 Å². The highest BCUT2D eigenvalue weighted by Gasteiger charge is 2.26. The van der Waals surface area contributed by atoms with Crippen LogP contribution in [0.5, 0.6) is 0 Å². The Labute approximate surface area is 124 Å². The van der Waals surface area contributed by atoms with Gasteiger partial charge in [0.05, 0.1) is 0 Å². The molecule has 1 heterocycles. The van der Waals surface area contributed by atoms with Crippen molar-refractivity contribution in [3.63, 3.8) is 0 Å². The number of hydrogen-bond donors (Lipinski definition) is 0. The van der Waals surface area contributed by atoms with Gasteiger partial charge in [0.1, 0.15) is 0 Å². The largest absolute Gasteiger partial charge is 0.339 e. The van der Waals surface area contributed by atoms with Crippen LogP contribution < -0.4 is 0 Å². The summed E-state index contributed by atoms with van der Waals surface area (Å²) in [6.45, 7) is 4.15. The third-order valence-electron chi connectivity index (χ3n) is 3.55. The van der Waals surface area contributed by atoms with Crippen molar-refractivity contribution in [1.29, 1.82) is 0 Å². The second-order valence-corrected chi connectivity index (χ2v) is 5.35. The van der Waals surface area contributed by atoms with E-state index in [9.17, 15) is 9.59 Å². The number of carbonyl (C=O) groups excluding carboxylic acids is 2. The van der Waals surface area contributed by atoms with E-state index in [1.165, 1.54) is 0 Å². The molecular weight excluding hydrogens is 276 g/mol. The molecule has 1 aliphatic rings. The Morgan fingerprint density at radius 3 is 2.20 bits per heavy atom. The Hall–Kier alpha value is -1.55. The van der Waals surface area contributed by atoms with Gasteiger partial charge in [-0.25, -0.2) is 0 Å². The maximum absolute atomic E-state index is 12.3. The molecule has 1 aromatic carbocycles. The minimum atomic E-state index is -0.159. The molecule has 1 saturated heterocycles. The van der Waals surface area contributed by atoms with Gasteiger partial charge in [-0.15, -0.1) is 11.6 Å². The average Bonchev–Trinajstić information content (AvgIpc) is 2.53. The minimum absolute atomic E-state index is 0.0306.